The molecule has 1 heterocycles. The van der Waals surface area contributed by atoms with Gasteiger partial charge in [-0.05, 0) is 6.92 Å². The van der Waals surface area contributed by atoms with Crippen LogP contribution < -0.4 is 0 Å². The fraction of sp³-hybridized carbons (Fsp3) is 0.625. The van der Waals surface area contributed by atoms with Gasteiger partial charge in [-0.3, -0.25) is 19.6 Å². The van der Waals surface area contributed by atoms with Crippen molar-refractivity contribution in [3.63, 3.8) is 0 Å². The molecule has 0 spiro atoms. The van der Waals surface area contributed by atoms with E-state index in [4.69, 9.17) is 5.21 Å². The second kappa shape index (κ2) is 6.09. The fourth-order valence-electron chi connectivity index (χ4n) is 0.768. The maximum atomic E-state index is 10.2. The van der Waals surface area contributed by atoms with E-state index >= 15 is 0 Å². The third-order valence-electron chi connectivity index (χ3n) is 1.37. The van der Waals surface area contributed by atoms with Crippen molar-refractivity contribution in [1.82, 2.24) is 5.06 Å². The lowest BCUT2D eigenvalue weighted by Crippen LogP contribution is -2.24. The second-order valence-corrected chi connectivity index (χ2v) is 2.52. The standard InChI is InChI=1S/C4H5NO3.C4H8O2/c6-3-1-2-4(7)5(3)8;1-3-6-4(2)5/h8H,1-2H2;3H2,1-2H3. The molecule has 0 aliphatic carbocycles. The Morgan fingerprint density at radius 3 is 1.93 bits per heavy atom. The largest absolute Gasteiger partial charge is 0.466 e. The summed E-state index contributed by atoms with van der Waals surface area (Å²) in [5, 5.41) is 8.57. The molecule has 0 unspecified atom stereocenters. The van der Waals surface area contributed by atoms with Gasteiger partial charge in [0.15, 0.2) is 0 Å². The number of nitrogens with zero attached hydrogens (tertiary/aromatic N) is 1. The van der Waals surface area contributed by atoms with Crippen molar-refractivity contribution in [1.29, 1.82) is 0 Å². The third kappa shape index (κ3) is 4.56. The summed E-state index contributed by atoms with van der Waals surface area (Å²) in [6.07, 6.45) is 0.296. The molecule has 14 heavy (non-hydrogen) atoms. The van der Waals surface area contributed by atoms with E-state index in [9.17, 15) is 14.4 Å². The monoisotopic (exact) mass is 203 g/mol. The molecule has 80 valence electrons. The Labute approximate surface area is 81.4 Å². The lowest BCUT2D eigenvalue weighted by molar-refractivity contribution is -0.171. The fourth-order valence-corrected chi connectivity index (χ4v) is 0.768. The van der Waals surface area contributed by atoms with Crippen molar-refractivity contribution in [2.24, 2.45) is 0 Å². The predicted molar refractivity (Wildman–Crippen MR) is 45.2 cm³/mol. The molecule has 0 bridgehead atoms. The van der Waals surface area contributed by atoms with Gasteiger partial charge in [-0.15, -0.1) is 0 Å². The topological polar surface area (TPSA) is 83.9 Å². The Hall–Kier alpha value is -1.43. The van der Waals surface area contributed by atoms with Crippen LogP contribution in [0.4, 0.5) is 0 Å². The van der Waals surface area contributed by atoms with Crippen LogP contribution in [0.5, 0.6) is 0 Å². The van der Waals surface area contributed by atoms with Crippen molar-refractivity contribution in [2.75, 3.05) is 6.61 Å². The highest BCUT2D eigenvalue weighted by molar-refractivity contribution is 6.00. The third-order valence-corrected chi connectivity index (χ3v) is 1.37. The summed E-state index contributed by atoms with van der Waals surface area (Å²) in [7, 11) is 0. The van der Waals surface area contributed by atoms with Crippen molar-refractivity contribution >= 4 is 17.8 Å². The van der Waals surface area contributed by atoms with Crippen molar-refractivity contribution in [2.45, 2.75) is 26.7 Å². The summed E-state index contributed by atoms with van der Waals surface area (Å²) in [6, 6.07) is 0. The predicted octanol–water partition coefficient (Wildman–Crippen LogP) is 0.0940. The van der Waals surface area contributed by atoms with Crippen LogP contribution in [-0.4, -0.2) is 34.7 Å². The molecule has 1 fully saturated rings. The van der Waals surface area contributed by atoms with E-state index < -0.39 is 11.8 Å². The van der Waals surface area contributed by atoms with E-state index in [1.807, 2.05) is 0 Å². The summed E-state index contributed by atoms with van der Waals surface area (Å²) in [5.74, 6) is -1.22. The van der Waals surface area contributed by atoms with Gasteiger partial charge in [0.1, 0.15) is 0 Å². The first-order chi connectivity index (χ1) is 6.49. The lowest BCUT2D eigenvalue weighted by atomic mass is 10.4. The SMILES string of the molecule is CCOC(C)=O.O=C1CCC(=O)N1O. The molecule has 0 saturated carbocycles. The number of carbonyl (C=O) groups excluding carboxylic acids is 3. The van der Waals surface area contributed by atoms with Gasteiger partial charge in [0.05, 0.1) is 6.61 Å². The zero-order valence-corrected chi connectivity index (χ0v) is 8.15. The molecule has 1 rings (SSSR count). The maximum absolute atomic E-state index is 10.2. The molecule has 1 aliphatic heterocycles. The number of hydroxylamine groups is 2. The minimum atomic E-state index is -0.505. The van der Waals surface area contributed by atoms with E-state index in [-0.39, 0.29) is 23.9 Å². The highest BCUT2D eigenvalue weighted by atomic mass is 16.5. The average Bonchev–Trinajstić information content (AvgIpc) is 2.37. The highest BCUT2D eigenvalue weighted by Gasteiger charge is 2.26. The van der Waals surface area contributed by atoms with Crippen LogP contribution in [0, 0.1) is 0 Å². The highest BCUT2D eigenvalue weighted by Crippen LogP contribution is 2.06. The van der Waals surface area contributed by atoms with Crippen molar-refractivity contribution in [3.8, 4) is 0 Å². The van der Waals surface area contributed by atoms with Crippen molar-refractivity contribution < 1.29 is 24.3 Å². The van der Waals surface area contributed by atoms with Crippen LogP contribution in [0.15, 0.2) is 0 Å². The van der Waals surface area contributed by atoms with E-state index in [2.05, 4.69) is 4.74 Å². The number of imide groups is 1. The number of ether oxygens (including phenoxy) is 1. The first-order valence-electron chi connectivity index (χ1n) is 4.17. The number of rotatable bonds is 1. The molecule has 1 N–H and O–H groups in total. The molecule has 0 aromatic rings. The van der Waals surface area contributed by atoms with Crippen LogP contribution >= 0.6 is 0 Å². The molecular formula is C8H13NO5. The molecule has 0 radical (unpaired) electrons. The van der Waals surface area contributed by atoms with Gasteiger partial charge in [0.2, 0.25) is 0 Å². The Morgan fingerprint density at radius 2 is 1.86 bits per heavy atom. The number of esters is 1. The molecule has 6 nitrogen and oxygen atoms in total. The van der Waals surface area contributed by atoms with E-state index in [0.29, 0.717) is 6.61 Å². The Kier molecular flexibility index (Phi) is 5.47. The molecule has 1 aliphatic rings. The molecule has 0 atom stereocenters. The van der Waals surface area contributed by atoms with Gasteiger partial charge in [-0.25, -0.2) is 0 Å². The Morgan fingerprint density at radius 1 is 1.43 bits per heavy atom. The van der Waals surface area contributed by atoms with Crippen LogP contribution in [0.2, 0.25) is 0 Å². The van der Waals surface area contributed by atoms with Crippen LogP contribution in [0.25, 0.3) is 0 Å². The quantitative estimate of drug-likeness (QED) is 0.371. The molecule has 2 amide bonds. The minimum Gasteiger partial charge on any atom is -0.466 e. The smallest absolute Gasteiger partial charge is 0.302 e. The second-order valence-electron chi connectivity index (χ2n) is 2.52. The van der Waals surface area contributed by atoms with Gasteiger partial charge >= 0.3 is 5.97 Å². The molecule has 1 saturated heterocycles. The van der Waals surface area contributed by atoms with Crippen LogP contribution in [0.1, 0.15) is 26.7 Å². The lowest BCUT2D eigenvalue weighted by Gasteiger charge is -1.98. The summed E-state index contributed by atoms with van der Waals surface area (Å²) in [6.45, 7) is 3.65. The number of hydrogen-bond acceptors (Lipinski definition) is 5. The van der Waals surface area contributed by atoms with E-state index in [1.165, 1.54) is 6.92 Å². The summed E-state index contributed by atoms with van der Waals surface area (Å²) < 4.78 is 4.40. The molecular weight excluding hydrogens is 190 g/mol. The molecule has 0 aromatic heterocycles. The maximum Gasteiger partial charge on any atom is 0.302 e. The average molecular weight is 203 g/mol. The molecule has 6 heteroatoms. The van der Waals surface area contributed by atoms with Crippen LogP contribution in [-0.2, 0) is 19.1 Å². The van der Waals surface area contributed by atoms with Gasteiger partial charge in [-0.1, -0.05) is 0 Å². The zero-order chi connectivity index (χ0) is 11.1. The molecule has 0 aromatic carbocycles. The van der Waals surface area contributed by atoms with Gasteiger partial charge in [0, 0.05) is 19.8 Å². The number of carbonyl (C=O) groups is 3. The normalized spacial score (nSPS) is 14.9. The van der Waals surface area contributed by atoms with Crippen LogP contribution in [0.3, 0.4) is 0 Å². The summed E-state index contributed by atoms with van der Waals surface area (Å²) in [5.41, 5.74) is 0. The van der Waals surface area contributed by atoms with E-state index in [1.54, 1.807) is 6.92 Å². The van der Waals surface area contributed by atoms with Gasteiger partial charge < -0.3 is 4.74 Å². The number of amides is 2. The first-order valence-corrected chi connectivity index (χ1v) is 4.17. The zero-order valence-electron chi connectivity index (χ0n) is 8.15. The van der Waals surface area contributed by atoms with E-state index in [0.717, 1.165) is 0 Å². The minimum absolute atomic E-state index is 0.148. The van der Waals surface area contributed by atoms with Gasteiger partial charge in [-0.2, -0.15) is 5.06 Å². The summed E-state index contributed by atoms with van der Waals surface area (Å²) >= 11 is 0. The van der Waals surface area contributed by atoms with Gasteiger partial charge in [0.25, 0.3) is 11.8 Å². The Balaban J connectivity index is 0.000000255. The summed E-state index contributed by atoms with van der Waals surface area (Å²) in [4.78, 5) is 30.3. The Bertz CT molecular complexity index is 222. The number of hydrogen-bond donors (Lipinski definition) is 1. The van der Waals surface area contributed by atoms with Crippen molar-refractivity contribution in [3.05, 3.63) is 0 Å². The first kappa shape index (κ1) is 12.6.